The molecule has 0 saturated carbocycles. The summed E-state index contributed by atoms with van der Waals surface area (Å²) in [6.45, 7) is 6.56. The molecule has 3 rings (SSSR count). The molecule has 5 nitrogen and oxygen atoms in total. The van der Waals surface area contributed by atoms with Crippen LogP contribution in [0.5, 0.6) is 0 Å². The zero-order valence-electron chi connectivity index (χ0n) is 16.4. The van der Waals surface area contributed by atoms with Gasteiger partial charge in [0.25, 0.3) is 0 Å². The summed E-state index contributed by atoms with van der Waals surface area (Å²) in [7, 11) is 0. The van der Waals surface area contributed by atoms with Crippen molar-refractivity contribution in [3.05, 3.63) is 29.8 Å². The first-order valence-corrected chi connectivity index (χ1v) is 9.95. The number of para-hydroxylation sites is 1. The normalized spacial score (nSPS) is 17.4. The molecule has 0 aliphatic carbocycles. The van der Waals surface area contributed by atoms with Gasteiger partial charge in [0, 0.05) is 37.8 Å². The van der Waals surface area contributed by atoms with Gasteiger partial charge in [-0.15, -0.1) is 12.4 Å². The third-order valence-electron chi connectivity index (χ3n) is 6.48. The number of carbonyl (C=O) groups is 2. The molecule has 1 aromatic rings. The van der Waals surface area contributed by atoms with E-state index in [0.717, 1.165) is 44.3 Å². The molecule has 1 saturated heterocycles. The lowest BCUT2D eigenvalue weighted by molar-refractivity contribution is -0.144. The van der Waals surface area contributed by atoms with Crippen molar-refractivity contribution in [2.75, 3.05) is 31.1 Å². The van der Waals surface area contributed by atoms with E-state index in [-0.39, 0.29) is 30.1 Å². The number of piperidine rings is 1. The van der Waals surface area contributed by atoms with E-state index in [2.05, 4.69) is 6.07 Å². The Morgan fingerprint density at radius 3 is 2.33 bits per heavy atom. The first kappa shape index (κ1) is 21.7. The molecule has 1 fully saturated rings. The summed E-state index contributed by atoms with van der Waals surface area (Å²) in [5.41, 5.74) is 7.81. The molecule has 2 heterocycles. The number of anilines is 1. The first-order valence-electron chi connectivity index (χ1n) is 9.95. The number of rotatable bonds is 5. The van der Waals surface area contributed by atoms with E-state index in [0.29, 0.717) is 19.6 Å². The number of amides is 2. The van der Waals surface area contributed by atoms with Gasteiger partial charge >= 0.3 is 0 Å². The van der Waals surface area contributed by atoms with Crippen molar-refractivity contribution < 1.29 is 9.59 Å². The predicted octanol–water partition coefficient (Wildman–Crippen LogP) is 3.00. The van der Waals surface area contributed by atoms with Crippen molar-refractivity contribution in [2.45, 2.75) is 46.0 Å². The Balaban J connectivity index is 0.00000261. The average Bonchev–Trinajstić information content (AvgIpc) is 3.13. The van der Waals surface area contributed by atoms with Crippen LogP contribution in [0, 0.1) is 11.3 Å². The van der Waals surface area contributed by atoms with Gasteiger partial charge in [-0.1, -0.05) is 32.0 Å². The molecule has 0 radical (unpaired) electrons. The van der Waals surface area contributed by atoms with E-state index in [9.17, 15) is 9.59 Å². The van der Waals surface area contributed by atoms with Crippen LogP contribution in [-0.2, 0) is 16.0 Å². The Labute approximate surface area is 168 Å². The van der Waals surface area contributed by atoms with E-state index in [4.69, 9.17) is 5.73 Å². The zero-order valence-corrected chi connectivity index (χ0v) is 17.3. The molecular formula is C21H32ClN3O2. The maximum atomic E-state index is 13.0. The highest BCUT2D eigenvalue weighted by Gasteiger charge is 2.39. The fraction of sp³-hybridized carbons (Fsp3) is 0.619. The summed E-state index contributed by atoms with van der Waals surface area (Å²) < 4.78 is 0. The van der Waals surface area contributed by atoms with Crippen LogP contribution in [0.4, 0.5) is 5.69 Å². The Morgan fingerprint density at radius 1 is 1.11 bits per heavy atom. The van der Waals surface area contributed by atoms with E-state index in [1.54, 1.807) is 0 Å². The molecule has 2 aliphatic heterocycles. The van der Waals surface area contributed by atoms with Crippen molar-refractivity contribution in [1.29, 1.82) is 0 Å². The van der Waals surface area contributed by atoms with Crippen LogP contribution < -0.4 is 10.6 Å². The summed E-state index contributed by atoms with van der Waals surface area (Å²) in [6, 6.07) is 8.17. The van der Waals surface area contributed by atoms with Crippen LogP contribution in [0.3, 0.4) is 0 Å². The Hall–Kier alpha value is -1.59. The summed E-state index contributed by atoms with van der Waals surface area (Å²) in [6.07, 6.45) is 3.96. The Morgan fingerprint density at radius 2 is 1.74 bits per heavy atom. The summed E-state index contributed by atoms with van der Waals surface area (Å²) in [5.74, 6) is 0.404. The van der Waals surface area contributed by atoms with Gasteiger partial charge in [0.15, 0.2) is 0 Å². The largest absolute Gasteiger partial charge is 0.342 e. The number of benzene rings is 1. The molecule has 0 unspecified atom stereocenters. The lowest BCUT2D eigenvalue weighted by Crippen LogP contribution is -2.51. The number of nitrogens with two attached hydrogens (primary N) is 1. The number of fused-ring (bicyclic) bond motifs is 1. The Kier molecular flexibility index (Phi) is 7.29. The molecular weight excluding hydrogens is 362 g/mol. The van der Waals surface area contributed by atoms with Gasteiger partial charge in [0.05, 0.1) is 5.41 Å². The Bertz CT molecular complexity index is 659. The zero-order chi connectivity index (χ0) is 18.7. The SMILES string of the molecule is CCC(CC)(CN)C(=O)N1CCC(C(=O)N2CCc3ccccc32)CC1.Cl. The monoisotopic (exact) mass is 393 g/mol. The molecule has 0 bridgehead atoms. The number of hydrogen-bond donors (Lipinski definition) is 1. The second-order valence-electron chi connectivity index (χ2n) is 7.63. The molecule has 150 valence electrons. The van der Waals surface area contributed by atoms with Crippen molar-refractivity contribution in [3.63, 3.8) is 0 Å². The van der Waals surface area contributed by atoms with E-state index in [1.165, 1.54) is 5.56 Å². The highest BCUT2D eigenvalue weighted by Crippen LogP contribution is 2.33. The van der Waals surface area contributed by atoms with Gasteiger partial charge in [-0.3, -0.25) is 9.59 Å². The van der Waals surface area contributed by atoms with Crippen molar-refractivity contribution in [1.82, 2.24) is 4.90 Å². The molecule has 6 heteroatoms. The summed E-state index contributed by atoms with van der Waals surface area (Å²) >= 11 is 0. The first-order chi connectivity index (χ1) is 12.6. The summed E-state index contributed by atoms with van der Waals surface area (Å²) in [5, 5.41) is 0. The summed E-state index contributed by atoms with van der Waals surface area (Å²) in [4.78, 5) is 29.8. The highest BCUT2D eigenvalue weighted by molar-refractivity contribution is 5.97. The van der Waals surface area contributed by atoms with Crippen LogP contribution in [-0.4, -0.2) is 42.9 Å². The lowest BCUT2D eigenvalue weighted by Gasteiger charge is -2.39. The number of halogens is 1. The average molecular weight is 394 g/mol. The standard InChI is InChI=1S/C21H31N3O2.ClH/c1-3-21(4-2,15-22)20(26)23-12-9-17(10-13-23)19(25)24-14-11-16-7-5-6-8-18(16)24;/h5-8,17H,3-4,9-15,22H2,1-2H3;1H. The number of nitrogens with zero attached hydrogens (tertiary/aromatic N) is 2. The van der Waals surface area contributed by atoms with Gasteiger partial charge in [-0.2, -0.15) is 0 Å². The highest BCUT2D eigenvalue weighted by atomic mass is 35.5. The molecule has 1 aromatic carbocycles. The number of carbonyl (C=O) groups excluding carboxylic acids is 2. The van der Waals surface area contributed by atoms with Gasteiger partial charge < -0.3 is 15.5 Å². The predicted molar refractivity (Wildman–Crippen MR) is 111 cm³/mol. The van der Waals surface area contributed by atoms with Crippen molar-refractivity contribution in [2.24, 2.45) is 17.1 Å². The van der Waals surface area contributed by atoms with Crippen LogP contribution >= 0.6 is 12.4 Å². The molecule has 2 aliphatic rings. The van der Waals surface area contributed by atoms with Crippen LogP contribution in [0.1, 0.15) is 45.1 Å². The molecule has 0 aromatic heterocycles. The molecule has 0 atom stereocenters. The minimum Gasteiger partial charge on any atom is -0.342 e. The van der Waals surface area contributed by atoms with Crippen LogP contribution in [0.15, 0.2) is 24.3 Å². The third kappa shape index (κ3) is 3.99. The van der Waals surface area contributed by atoms with E-state index < -0.39 is 5.41 Å². The minimum absolute atomic E-state index is 0. The lowest BCUT2D eigenvalue weighted by atomic mass is 9.80. The van der Waals surface area contributed by atoms with Gasteiger partial charge in [-0.05, 0) is 43.7 Å². The maximum absolute atomic E-state index is 13.0. The van der Waals surface area contributed by atoms with Gasteiger partial charge in [-0.25, -0.2) is 0 Å². The van der Waals surface area contributed by atoms with Gasteiger partial charge in [0.1, 0.15) is 0 Å². The third-order valence-corrected chi connectivity index (χ3v) is 6.48. The van der Waals surface area contributed by atoms with E-state index >= 15 is 0 Å². The van der Waals surface area contributed by atoms with Crippen molar-refractivity contribution in [3.8, 4) is 0 Å². The van der Waals surface area contributed by atoms with Crippen LogP contribution in [0.2, 0.25) is 0 Å². The second kappa shape index (κ2) is 9.07. The van der Waals surface area contributed by atoms with E-state index in [1.807, 2.05) is 41.8 Å². The fourth-order valence-corrected chi connectivity index (χ4v) is 4.38. The quantitative estimate of drug-likeness (QED) is 0.836. The molecule has 2 amide bonds. The molecule has 0 spiro atoms. The smallest absolute Gasteiger partial charge is 0.230 e. The maximum Gasteiger partial charge on any atom is 0.230 e. The second-order valence-corrected chi connectivity index (χ2v) is 7.63. The molecule has 2 N–H and O–H groups in total. The van der Waals surface area contributed by atoms with Crippen LogP contribution in [0.25, 0.3) is 0 Å². The number of likely N-dealkylation sites (tertiary alicyclic amines) is 1. The topological polar surface area (TPSA) is 66.6 Å². The van der Waals surface area contributed by atoms with Gasteiger partial charge in [0.2, 0.25) is 11.8 Å². The minimum atomic E-state index is -0.440. The molecule has 27 heavy (non-hydrogen) atoms. The van der Waals surface area contributed by atoms with Crippen molar-refractivity contribution >= 4 is 29.9 Å². The number of hydrogen-bond acceptors (Lipinski definition) is 3. The fourth-order valence-electron chi connectivity index (χ4n) is 4.38.